The molecule has 0 radical (unpaired) electrons. The van der Waals surface area contributed by atoms with Crippen LogP contribution >= 0.6 is 11.3 Å². The summed E-state index contributed by atoms with van der Waals surface area (Å²) in [7, 11) is 0. The maximum atomic E-state index is 12.7. The molecule has 4 rings (SSSR count). The smallest absolute Gasteiger partial charge is 0.239 e. The largest absolute Gasteiger partial charge is 0.355 e. The molecule has 160 valence electrons. The summed E-state index contributed by atoms with van der Waals surface area (Å²) in [6.07, 6.45) is 2.24. The number of hydrogen-bond acceptors (Lipinski definition) is 4. The van der Waals surface area contributed by atoms with E-state index in [1.807, 2.05) is 12.1 Å². The van der Waals surface area contributed by atoms with Gasteiger partial charge in [0.2, 0.25) is 5.91 Å². The average molecular weight is 425 g/mol. The van der Waals surface area contributed by atoms with E-state index < -0.39 is 0 Å². The van der Waals surface area contributed by atoms with Crippen molar-refractivity contribution in [3.63, 3.8) is 0 Å². The molecule has 1 aromatic carbocycles. The van der Waals surface area contributed by atoms with Gasteiger partial charge in [0.05, 0.1) is 10.6 Å². The van der Waals surface area contributed by atoms with Crippen molar-refractivity contribution in [1.82, 2.24) is 19.7 Å². The molecule has 0 bridgehead atoms. The summed E-state index contributed by atoms with van der Waals surface area (Å²) >= 11 is 1.71. The van der Waals surface area contributed by atoms with Crippen LogP contribution in [0.4, 0.5) is 0 Å². The monoisotopic (exact) mass is 424 g/mol. The van der Waals surface area contributed by atoms with Gasteiger partial charge in [-0.3, -0.25) is 4.79 Å². The highest BCUT2D eigenvalue weighted by molar-refractivity contribution is 7.13. The molecule has 3 heterocycles. The summed E-state index contributed by atoms with van der Waals surface area (Å²) in [5.74, 6) is 0.0851. The number of benzene rings is 1. The molecule has 1 aliphatic rings. The number of para-hydroxylation sites is 1. The van der Waals surface area contributed by atoms with Gasteiger partial charge in [-0.25, -0.2) is 0 Å². The lowest BCUT2D eigenvalue weighted by atomic mass is 10.2. The van der Waals surface area contributed by atoms with Gasteiger partial charge in [-0.2, -0.15) is 0 Å². The van der Waals surface area contributed by atoms with Gasteiger partial charge in [0, 0.05) is 43.6 Å². The van der Waals surface area contributed by atoms with Crippen LogP contribution in [0.1, 0.15) is 19.8 Å². The molecule has 0 aliphatic carbocycles. The number of hydrogen-bond donors (Lipinski definition) is 1. The fraction of sp³-hybridized carbons (Fsp3) is 0.458. The van der Waals surface area contributed by atoms with Crippen molar-refractivity contribution in [3.05, 3.63) is 47.8 Å². The Bertz CT molecular complexity index is 941. The van der Waals surface area contributed by atoms with Gasteiger partial charge in [-0.15, -0.1) is 11.3 Å². The third kappa shape index (κ3) is 5.12. The number of nitrogens with one attached hydrogen (secondary N) is 1. The highest BCUT2D eigenvalue weighted by atomic mass is 32.1. The number of fused-ring (bicyclic) bond motifs is 1. The first-order valence-corrected chi connectivity index (χ1v) is 12.0. The summed E-state index contributed by atoms with van der Waals surface area (Å²) in [5.41, 5.74) is 2.23. The van der Waals surface area contributed by atoms with Crippen LogP contribution in [0.3, 0.4) is 0 Å². The molecule has 1 N–H and O–H groups in total. The lowest BCUT2D eigenvalue weighted by Crippen LogP contribution is -2.47. The highest BCUT2D eigenvalue weighted by Crippen LogP contribution is 2.31. The second-order valence-corrected chi connectivity index (χ2v) is 8.99. The molecular formula is C24H32N4OS. The molecule has 5 nitrogen and oxygen atoms in total. The van der Waals surface area contributed by atoms with Crippen molar-refractivity contribution < 1.29 is 4.79 Å². The molecule has 0 atom stereocenters. The van der Waals surface area contributed by atoms with Crippen molar-refractivity contribution in [1.29, 1.82) is 0 Å². The number of nitrogens with zero attached hydrogens (tertiary/aromatic N) is 3. The number of rotatable bonds is 9. The zero-order chi connectivity index (χ0) is 20.8. The first-order valence-electron chi connectivity index (χ1n) is 11.1. The number of carbonyl (C=O) groups excluding carboxylic acids is 1. The summed E-state index contributed by atoms with van der Waals surface area (Å²) in [4.78, 5) is 19.0. The van der Waals surface area contributed by atoms with Crippen molar-refractivity contribution in [2.45, 2.75) is 26.3 Å². The van der Waals surface area contributed by atoms with E-state index in [1.165, 1.54) is 36.3 Å². The number of aromatic nitrogens is 1. The molecule has 1 fully saturated rings. The normalized spacial score (nSPS) is 15.6. The molecule has 2 aromatic heterocycles. The molecule has 6 heteroatoms. The van der Waals surface area contributed by atoms with Crippen molar-refractivity contribution in [2.75, 3.05) is 45.8 Å². The van der Waals surface area contributed by atoms with E-state index in [-0.39, 0.29) is 5.91 Å². The quantitative estimate of drug-likeness (QED) is 0.530. The summed E-state index contributed by atoms with van der Waals surface area (Å²) in [5, 5.41) is 6.39. The van der Waals surface area contributed by atoms with Crippen LogP contribution in [0.25, 0.3) is 21.5 Å². The third-order valence-electron chi connectivity index (χ3n) is 5.86. The summed E-state index contributed by atoms with van der Waals surface area (Å²) < 4.78 is 2.14. The van der Waals surface area contributed by atoms with Gasteiger partial charge >= 0.3 is 0 Å². The maximum Gasteiger partial charge on any atom is 0.239 e. The Morgan fingerprint density at radius 2 is 1.80 bits per heavy atom. The fourth-order valence-electron chi connectivity index (χ4n) is 4.29. The van der Waals surface area contributed by atoms with Gasteiger partial charge in [0.25, 0.3) is 0 Å². The highest BCUT2D eigenvalue weighted by Gasteiger charge is 2.16. The van der Waals surface area contributed by atoms with E-state index in [1.54, 1.807) is 11.3 Å². The first-order chi connectivity index (χ1) is 14.7. The minimum atomic E-state index is 0.0851. The Hall–Kier alpha value is -2.15. The average Bonchev–Trinajstić information content (AvgIpc) is 3.41. The Labute approximate surface area is 183 Å². The molecular weight excluding hydrogens is 392 g/mol. The standard InChI is InChI=1S/C24H32N4OS/c1-2-11-26-13-15-27(16-14-26)12-6-10-25-24(29)19-28-21-8-4-3-7-20(21)18-22(28)23-9-5-17-30-23/h3-5,7-9,17-18H,2,6,10-16,19H2,1H3,(H,25,29). The van der Waals surface area contributed by atoms with Crippen molar-refractivity contribution in [3.8, 4) is 10.6 Å². The van der Waals surface area contributed by atoms with Crippen LogP contribution in [-0.4, -0.2) is 66.1 Å². The van der Waals surface area contributed by atoms with Crippen molar-refractivity contribution in [2.24, 2.45) is 0 Å². The Balaban J connectivity index is 1.29. The minimum Gasteiger partial charge on any atom is -0.355 e. The van der Waals surface area contributed by atoms with E-state index in [2.05, 4.69) is 62.3 Å². The van der Waals surface area contributed by atoms with Crippen LogP contribution in [-0.2, 0) is 11.3 Å². The van der Waals surface area contributed by atoms with E-state index in [0.29, 0.717) is 6.54 Å². The molecule has 1 aliphatic heterocycles. The SMILES string of the molecule is CCCN1CCN(CCCNC(=O)Cn2c(-c3cccs3)cc3ccccc32)CC1. The maximum absolute atomic E-state index is 12.7. The molecule has 0 spiro atoms. The predicted octanol–water partition coefficient (Wildman–Crippen LogP) is 3.90. The number of carbonyl (C=O) groups is 1. The third-order valence-corrected chi connectivity index (χ3v) is 6.76. The minimum absolute atomic E-state index is 0.0851. The zero-order valence-corrected chi connectivity index (χ0v) is 18.7. The van der Waals surface area contributed by atoms with E-state index >= 15 is 0 Å². The number of thiophene rings is 1. The summed E-state index contributed by atoms with van der Waals surface area (Å²) in [6.45, 7) is 10.3. The van der Waals surface area contributed by atoms with Crippen LogP contribution in [0.5, 0.6) is 0 Å². The first kappa shape index (κ1) is 21.1. The lowest BCUT2D eigenvalue weighted by molar-refractivity contribution is -0.121. The van der Waals surface area contributed by atoms with Crippen LogP contribution < -0.4 is 5.32 Å². The van der Waals surface area contributed by atoms with Gasteiger partial charge in [0.1, 0.15) is 6.54 Å². The summed E-state index contributed by atoms with van der Waals surface area (Å²) in [6, 6.07) is 14.7. The van der Waals surface area contributed by atoms with E-state index in [0.717, 1.165) is 43.8 Å². The fourth-order valence-corrected chi connectivity index (χ4v) is 5.04. The van der Waals surface area contributed by atoms with Gasteiger partial charge in [-0.05, 0) is 49.5 Å². The van der Waals surface area contributed by atoms with Crippen LogP contribution in [0, 0.1) is 0 Å². The molecule has 1 amide bonds. The topological polar surface area (TPSA) is 40.5 Å². The van der Waals surface area contributed by atoms with Crippen LogP contribution in [0.2, 0.25) is 0 Å². The molecule has 0 saturated carbocycles. The Morgan fingerprint density at radius 1 is 1.03 bits per heavy atom. The zero-order valence-electron chi connectivity index (χ0n) is 17.8. The lowest BCUT2D eigenvalue weighted by Gasteiger charge is -2.34. The van der Waals surface area contributed by atoms with Gasteiger partial charge < -0.3 is 19.7 Å². The number of amides is 1. The molecule has 3 aromatic rings. The Morgan fingerprint density at radius 3 is 2.53 bits per heavy atom. The van der Waals surface area contributed by atoms with E-state index in [9.17, 15) is 4.79 Å². The van der Waals surface area contributed by atoms with Crippen LogP contribution in [0.15, 0.2) is 47.8 Å². The van der Waals surface area contributed by atoms with Gasteiger partial charge in [-0.1, -0.05) is 31.2 Å². The predicted molar refractivity (Wildman–Crippen MR) is 126 cm³/mol. The molecule has 1 saturated heterocycles. The molecule has 0 unspecified atom stereocenters. The Kier molecular flexibility index (Phi) is 7.20. The van der Waals surface area contributed by atoms with Crippen molar-refractivity contribution >= 4 is 28.1 Å². The second kappa shape index (κ2) is 10.2. The number of piperazine rings is 1. The molecule has 30 heavy (non-hydrogen) atoms. The van der Waals surface area contributed by atoms with E-state index in [4.69, 9.17) is 0 Å². The van der Waals surface area contributed by atoms with Gasteiger partial charge in [0.15, 0.2) is 0 Å². The second-order valence-electron chi connectivity index (χ2n) is 8.04.